The molecule has 0 aliphatic rings. The second-order valence-corrected chi connectivity index (χ2v) is 5.96. The number of hydrogen-bond acceptors (Lipinski definition) is 2. The summed E-state index contributed by atoms with van der Waals surface area (Å²) in [6.07, 6.45) is 9.02. The minimum absolute atomic E-state index is 0.710. The minimum Gasteiger partial charge on any atom is -0.492 e. The Morgan fingerprint density at radius 2 is 1.76 bits per heavy atom. The zero-order chi connectivity index (χ0) is 15.3. The van der Waals surface area contributed by atoms with Gasteiger partial charge in [0.15, 0.2) is 0 Å². The fraction of sp³-hybridized carbons (Fsp3) is 0.667. The number of rotatable bonds is 12. The van der Waals surface area contributed by atoms with Crippen LogP contribution >= 0.6 is 11.6 Å². The van der Waals surface area contributed by atoms with E-state index >= 15 is 0 Å². The van der Waals surface area contributed by atoms with Crippen LogP contribution in [-0.2, 0) is 6.54 Å². The van der Waals surface area contributed by atoms with Gasteiger partial charge in [-0.05, 0) is 37.1 Å². The number of unbranched alkanes of at least 4 members (excludes halogenated alkanes) is 5. The molecule has 0 heterocycles. The lowest BCUT2D eigenvalue weighted by atomic mass is 10.1. The molecule has 0 fully saturated rings. The molecular weight excluding hydrogens is 282 g/mol. The second kappa shape index (κ2) is 11.9. The van der Waals surface area contributed by atoms with Crippen LogP contribution in [0.4, 0.5) is 0 Å². The molecule has 0 atom stereocenters. The Balaban J connectivity index is 2.16. The van der Waals surface area contributed by atoms with Crippen LogP contribution in [0.5, 0.6) is 5.75 Å². The highest BCUT2D eigenvalue weighted by atomic mass is 35.5. The van der Waals surface area contributed by atoms with Crippen LogP contribution in [0, 0.1) is 0 Å². The summed E-state index contributed by atoms with van der Waals surface area (Å²) in [5.74, 6) is 0.790. The molecule has 0 unspecified atom stereocenters. The third-order valence-electron chi connectivity index (χ3n) is 3.49. The maximum atomic E-state index is 6.22. The van der Waals surface area contributed by atoms with Crippen LogP contribution in [0.3, 0.4) is 0 Å². The van der Waals surface area contributed by atoms with E-state index < -0.39 is 0 Å². The summed E-state index contributed by atoms with van der Waals surface area (Å²) in [4.78, 5) is 0. The molecule has 0 saturated carbocycles. The lowest BCUT2D eigenvalue weighted by molar-refractivity contribution is 0.317. The normalized spacial score (nSPS) is 10.8. The summed E-state index contributed by atoms with van der Waals surface area (Å²) >= 11 is 6.22. The Kier molecular flexibility index (Phi) is 10.4. The Hall–Kier alpha value is -0.730. The van der Waals surface area contributed by atoms with Crippen molar-refractivity contribution < 1.29 is 4.74 Å². The van der Waals surface area contributed by atoms with Crippen LogP contribution < -0.4 is 10.1 Å². The lowest BCUT2D eigenvalue weighted by Crippen LogP contribution is -2.14. The van der Waals surface area contributed by atoms with Crippen LogP contribution in [-0.4, -0.2) is 13.2 Å². The largest absolute Gasteiger partial charge is 0.492 e. The van der Waals surface area contributed by atoms with Crippen LogP contribution in [0.2, 0.25) is 5.02 Å². The fourth-order valence-corrected chi connectivity index (χ4v) is 2.50. The van der Waals surface area contributed by atoms with Crippen molar-refractivity contribution in [3.8, 4) is 5.75 Å². The van der Waals surface area contributed by atoms with E-state index in [-0.39, 0.29) is 0 Å². The molecule has 2 nitrogen and oxygen atoms in total. The van der Waals surface area contributed by atoms with E-state index in [1.807, 2.05) is 12.1 Å². The van der Waals surface area contributed by atoms with E-state index in [1.165, 1.54) is 44.1 Å². The predicted octanol–water partition coefficient (Wildman–Crippen LogP) is 5.58. The van der Waals surface area contributed by atoms with E-state index in [0.717, 1.165) is 31.9 Å². The predicted molar refractivity (Wildman–Crippen MR) is 92.3 cm³/mol. The van der Waals surface area contributed by atoms with Crippen molar-refractivity contribution in [3.63, 3.8) is 0 Å². The number of nitrogens with one attached hydrogen (secondary N) is 1. The fourth-order valence-electron chi connectivity index (χ4n) is 2.25. The molecule has 1 N–H and O–H groups in total. The van der Waals surface area contributed by atoms with E-state index in [4.69, 9.17) is 16.3 Å². The standard InChI is InChI=1S/C18H30ClNO/c1-3-5-6-7-8-9-12-20-15-16-10-11-18(17(19)14-16)21-13-4-2/h10-11,14,20H,3-9,12-13,15H2,1-2H3. The van der Waals surface area contributed by atoms with E-state index in [9.17, 15) is 0 Å². The van der Waals surface area contributed by atoms with Gasteiger partial charge in [0.2, 0.25) is 0 Å². The zero-order valence-corrected chi connectivity index (χ0v) is 14.3. The average Bonchev–Trinajstić information content (AvgIpc) is 2.49. The molecule has 0 aliphatic carbocycles. The van der Waals surface area contributed by atoms with Gasteiger partial charge in [-0.25, -0.2) is 0 Å². The molecule has 0 radical (unpaired) electrons. The molecule has 120 valence electrons. The van der Waals surface area contributed by atoms with Crippen molar-refractivity contribution in [1.82, 2.24) is 5.32 Å². The van der Waals surface area contributed by atoms with Crippen molar-refractivity contribution in [1.29, 1.82) is 0 Å². The molecule has 0 spiro atoms. The van der Waals surface area contributed by atoms with E-state index in [1.54, 1.807) is 0 Å². The number of benzene rings is 1. The number of ether oxygens (including phenoxy) is 1. The zero-order valence-electron chi connectivity index (χ0n) is 13.6. The number of halogens is 1. The molecule has 3 heteroatoms. The third-order valence-corrected chi connectivity index (χ3v) is 3.79. The highest BCUT2D eigenvalue weighted by Gasteiger charge is 2.02. The first-order valence-electron chi connectivity index (χ1n) is 8.39. The van der Waals surface area contributed by atoms with Gasteiger partial charge in [0.05, 0.1) is 11.6 Å². The molecule has 0 aliphatic heterocycles. The molecule has 1 aromatic carbocycles. The molecular formula is C18H30ClNO. The second-order valence-electron chi connectivity index (χ2n) is 5.56. The molecule has 1 aromatic rings. The van der Waals surface area contributed by atoms with E-state index in [2.05, 4.69) is 25.2 Å². The molecule has 1 rings (SSSR count). The molecule has 0 amide bonds. The Morgan fingerprint density at radius 1 is 1.00 bits per heavy atom. The van der Waals surface area contributed by atoms with Crippen LogP contribution in [0.25, 0.3) is 0 Å². The minimum atomic E-state index is 0.710. The Bertz CT molecular complexity index is 381. The lowest BCUT2D eigenvalue weighted by Gasteiger charge is -2.09. The highest BCUT2D eigenvalue weighted by Crippen LogP contribution is 2.25. The molecule has 0 saturated heterocycles. The third kappa shape index (κ3) is 8.33. The quantitative estimate of drug-likeness (QED) is 0.509. The summed E-state index contributed by atoms with van der Waals surface area (Å²) < 4.78 is 5.58. The average molecular weight is 312 g/mol. The Morgan fingerprint density at radius 3 is 2.48 bits per heavy atom. The van der Waals surface area contributed by atoms with Gasteiger partial charge in [-0.2, -0.15) is 0 Å². The van der Waals surface area contributed by atoms with Crippen molar-refractivity contribution in [2.75, 3.05) is 13.2 Å². The number of hydrogen-bond donors (Lipinski definition) is 1. The summed E-state index contributed by atoms with van der Waals surface area (Å²) in [5, 5.41) is 4.19. The summed E-state index contributed by atoms with van der Waals surface area (Å²) in [5.41, 5.74) is 1.22. The van der Waals surface area contributed by atoms with Crippen molar-refractivity contribution in [3.05, 3.63) is 28.8 Å². The maximum Gasteiger partial charge on any atom is 0.137 e. The van der Waals surface area contributed by atoms with Gasteiger partial charge in [0.1, 0.15) is 5.75 Å². The van der Waals surface area contributed by atoms with Crippen molar-refractivity contribution in [2.45, 2.75) is 65.3 Å². The first-order valence-corrected chi connectivity index (χ1v) is 8.77. The monoisotopic (exact) mass is 311 g/mol. The first kappa shape index (κ1) is 18.3. The maximum absolute atomic E-state index is 6.22. The Labute approximate surface area is 135 Å². The van der Waals surface area contributed by atoms with Crippen molar-refractivity contribution in [2.24, 2.45) is 0 Å². The van der Waals surface area contributed by atoms with Gasteiger partial charge in [0, 0.05) is 6.54 Å². The molecule has 0 bridgehead atoms. The van der Waals surface area contributed by atoms with E-state index in [0.29, 0.717) is 5.02 Å². The van der Waals surface area contributed by atoms with Gasteiger partial charge >= 0.3 is 0 Å². The SMILES string of the molecule is CCCCCCCCNCc1ccc(OCCC)c(Cl)c1. The summed E-state index contributed by atoms with van der Waals surface area (Å²) in [6, 6.07) is 6.06. The van der Waals surface area contributed by atoms with Crippen LogP contribution in [0.1, 0.15) is 64.4 Å². The van der Waals surface area contributed by atoms with Gasteiger partial charge in [0.25, 0.3) is 0 Å². The van der Waals surface area contributed by atoms with Crippen LogP contribution in [0.15, 0.2) is 18.2 Å². The highest BCUT2D eigenvalue weighted by molar-refractivity contribution is 6.32. The van der Waals surface area contributed by atoms with Gasteiger partial charge < -0.3 is 10.1 Å². The van der Waals surface area contributed by atoms with Gasteiger partial charge in [-0.15, -0.1) is 0 Å². The smallest absolute Gasteiger partial charge is 0.137 e. The first-order chi connectivity index (χ1) is 10.3. The summed E-state index contributed by atoms with van der Waals surface area (Å²) in [7, 11) is 0. The topological polar surface area (TPSA) is 21.3 Å². The van der Waals surface area contributed by atoms with Gasteiger partial charge in [-0.1, -0.05) is 63.6 Å². The van der Waals surface area contributed by atoms with Crippen molar-refractivity contribution >= 4 is 11.6 Å². The molecule has 0 aromatic heterocycles. The molecule has 21 heavy (non-hydrogen) atoms. The summed E-state index contributed by atoms with van der Waals surface area (Å²) in [6.45, 7) is 7.02. The van der Waals surface area contributed by atoms with Gasteiger partial charge in [-0.3, -0.25) is 0 Å².